The molecule has 1 fully saturated rings. The van der Waals surface area contributed by atoms with Gasteiger partial charge in [0.25, 0.3) is 0 Å². The third-order valence-electron chi connectivity index (χ3n) is 3.67. The van der Waals surface area contributed by atoms with E-state index in [1.165, 1.54) is 43.2 Å². The van der Waals surface area contributed by atoms with Crippen LogP contribution in [0.5, 0.6) is 0 Å². The molecule has 1 N–H and O–H groups in total. The number of halogens is 2. The Balaban J connectivity index is 1.81. The fraction of sp³-hybridized carbons (Fsp3) is 0.571. The predicted molar refractivity (Wildman–Crippen MR) is 71.9 cm³/mol. The van der Waals surface area contributed by atoms with Crippen molar-refractivity contribution >= 4 is 11.8 Å². The molecule has 2 unspecified atom stereocenters. The maximum atomic E-state index is 13.4. The molecule has 0 radical (unpaired) electrons. The second kappa shape index (κ2) is 6.53. The molecule has 1 aliphatic rings. The second-order valence-corrected chi connectivity index (χ2v) is 5.93. The highest BCUT2D eigenvalue weighted by atomic mass is 32.2. The third kappa shape index (κ3) is 3.45. The van der Waals surface area contributed by atoms with Gasteiger partial charge in [-0.25, -0.2) is 8.78 Å². The molecule has 0 amide bonds. The Bertz CT molecular complexity index is 397. The maximum absolute atomic E-state index is 13.4. The van der Waals surface area contributed by atoms with Gasteiger partial charge in [-0.3, -0.25) is 0 Å². The van der Waals surface area contributed by atoms with E-state index in [9.17, 15) is 8.78 Å². The standard InChI is InChI=1S/C14H19F2NS/c1-17-13-4-2-3-10(13)7-8-18-14-6-5-11(15)9-12(14)16/h5-6,9-10,13,17H,2-4,7-8H2,1H3. The van der Waals surface area contributed by atoms with Crippen LogP contribution in [0, 0.1) is 17.6 Å². The van der Waals surface area contributed by atoms with Gasteiger partial charge in [-0.2, -0.15) is 0 Å². The average Bonchev–Trinajstić information content (AvgIpc) is 2.79. The van der Waals surface area contributed by atoms with E-state index in [2.05, 4.69) is 5.32 Å². The first-order valence-corrected chi connectivity index (χ1v) is 7.44. The molecule has 2 rings (SSSR count). The van der Waals surface area contributed by atoms with Crippen molar-refractivity contribution < 1.29 is 8.78 Å². The first-order chi connectivity index (χ1) is 8.70. The highest BCUT2D eigenvalue weighted by Crippen LogP contribution is 2.31. The Morgan fingerprint density at radius 2 is 2.17 bits per heavy atom. The summed E-state index contributed by atoms with van der Waals surface area (Å²) in [6.45, 7) is 0. The predicted octanol–water partition coefficient (Wildman–Crippen LogP) is 3.84. The Labute approximate surface area is 111 Å². The number of hydrogen-bond acceptors (Lipinski definition) is 2. The van der Waals surface area contributed by atoms with E-state index in [1.807, 2.05) is 7.05 Å². The number of rotatable bonds is 5. The fourth-order valence-corrected chi connectivity index (χ4v) is 3.68. The summed E-state index contributed by atoms with van der Waals surface area (Å²) in [6.07, 6.45) is 4.88. The van der Waals surface area contributed by atoms with E-state index in [0.717, 1.165) is 18.2 Å². The largest absolute Gasteiger partial charge is 0.317 e. The van der Waals surface area contributed by atoms with Gasteiger partial charge >= 0.3 is 0 Å². The molecule has 1 saturated carbocycles. The summed E-state index contributed by atoms with van der Waals surface area (Å²) in [5.74, 6) is 0.635. The maximum Gasteiger partial charge on any atom is 0.139 e. The van der Waals surface area contributed by atoms with Crippen LogP contribution in [0.15, 0.2) is 23.1 Å². The van der Waals surface area contributed by atoms with E-state index >= 15 is 0 Å². The van der Waals surface area contributed by atoms with Crippen LogP contribution < -0.4 is 5.32 Å². The van der Waals surface area contributed by atoms with Gasteiger partial charge in [0.15, 0.2) is 0 Å². The van der Waals surface area contributed by atoms with E-state index < -0.39 is 11.6 Å². The SMILES string of the molecule is CNC1CCCC1CCSc1ccc(F)cc1F. The summed E-state index contributed by atoms with van der Waals surface area (Å²) in [6, 6.07) is 4.41. The lowest BCUT2D eigenvalue weighted by Gasteiger charge is -2.18. The molecule has 2 atom stereocenters. The van der Waals surface area contributed by atoms with Gasteiger partial charge in [0.1, 0.15) is 11.6 Å². The molecule has 1 aromatic rings. The molecule has 0 bridgehead atoms. The number of benzene rings is 1. The number of hydrogen-bond donors (Lipinski definition) is 1. The van der Waals surface area contributed by atoms with Crippen molar-refractivity contribution in [3.63, 3.8) is 0 Å². The molecule has 100 valence electrons. The second-order valence-electron chi connectivity index (χ2n) is 4.80. The minimum Gasteiger partial charge on any atom is -0.317 e. The molecule has 0 aliphatic heterocycles. The normalized spacial score (nSPS) is 23.5. The van der Waals surface area contributed by atoms with E-state index in [0.29, 0.717) is 16.9 Å². The molecule has 0 aromatic heterocycles. The summed E-state index contributed by atoms with van der Waals surface area (Å²) in [4.78, 5) is 0.551. The zero-order valence-corrected chi connectivity index (χ0v) is 11.4. The van der Waals surface area contributed by atoms with Gasteiger partial charge in [-0.05, 0) is 50.1 Å². The van der Waals surface area contributed by atoms with Crippen molar-refractivity contribution in [3.8, 4) is 0 Å². The van der Waals surface area contributed by atoms with Crippen LogP contribution in [0.4, 0.5) is 8.78 Å². The van der Waals surface area contributed by atoms with Crippen LogP contribution >= 0.6 is 11.8 Å². The lowest BCUT2D eigenvalue weighted by atomic mass is 10.0. The average molecular weight is 271 g/mol. The summed E-state index contributed by atoms with van der Waals surface area (Å²) in [7, 11) is 2.01. The van der Waals surface area contributed by atoms with Crippen molar-refractivity contribution in [3.05, 3.63) is 29.8 Å². The molecule has 0 saturated heterocycles. The molecule has 4 heteroatoms. The Kier molecular flexibility index (Phi) is 5.01. The zero-order valence-electron chi connectivity index (χ0n) is 10.6. The van der Waals surface area contributed by atoms with E-state index in [1.54, 1.807) is 0 Å². The zero-order chi connectivity index (χ0) is 13.0. The van der Waals surface area contributed by atoms with E-state index in [4.69, 9.17) is 0 Å². The van der Waals surface area contributed by atoms with Crippen molar-refractivity contribution in [2.24, 2.45) is 5.92 Å². The Morgan fingerprint density at radius 1 is 1.33 bits per heavy atom. The highest BCUT2D eigenvalue weighted by Gasteiger charge is 2.25. The van der Waals surface area contributed by atoms with Crippen LogP contribution in [0.1, 0.15) is 25.7 Å². The Morgan fingerprint density at radius 3 is 2.89 bits per heavy atom. The minimum atomic E-state index is -0.511. The van der Waals surface area contributed by atoms with Gasteiger partial charge < -0.3 is 5.32 Å². The van der Waals surface area contributed by atoms with Crippen LogP contribution in [0.25, 0.3) is 0 Å². The minimum absolute atomic E-state index is 0.448. The van der Waals surface area contributed by atoms with Crippen LogP contribution in [-0.2, 0) is 0 Å². The third-order valence-corrected chi connectivity index (χ3v) is 4.75. The summed E-state index contributed by atoms with van der Waals surface area (Å²) >= 11 is 1.49. The molecule has 1 aliphatic carbocycles. The lowest BCUT2D eigenvalue weighted by Crippen LogP contribution is -2.29. The molecular formula is C14H19F2NS. The summed E-state index contributed by atoms with van der Waals surface area (Å²) in [5.41, 5.74) is 0. The molecule has 0 heterocycles. The Hall–Kier alpha value is -0.610. The monoisotopic (exact) mass is 271 g/mol. The van der Waals surface area contributed by atoms with Crippen LogP contribution in [0.3, 0.4) is 0 Å². The number of nitrogens with one attached hydrogen (secondary N) is 1. The molecule has 18 heavy (non-hydrogen) atoms. The van der Waals surface area contributed by atoms with E-state index in [-0.39, 0.29) is 0 Å². The van der Waals surface area contributed by atoms with Crippen molar-refractivity contribution in [2.45, 2.75) is 36.6 Å². The van der Waals surface area contributed by atoms with Gasteiger partial charge in [0.05, 0.1) is 0 Å². The van der Waals surface area contributed by atoms with Gasteiger partial charge in [-0.15, -0.1) is 11.8 Å². The molecule has 0 spiro atoms. The smallest absolute Gasteiger partial charge is 0.139 e. The van der Waals surface area contributed by atoms with Crippen LogP contribution in [0.2, 0.25) is 0 Å². The van der Waals surface area contributed by atoms with Gasteiger partial charge in [-0.1, -0.05) is 6.42 Å². The summed E-state index contributed by atoms with van der Waals surface area (Å²) < 4.78 is 26.2. The fourth-order valence-electron chi connectivity index (χ4n) is 2.67. The quantitative estimate of drug-likeness (QED) is 0.817. The first kappa shape index (κ1) is 13.8. The van der Waals surface area contributed by atoms with Crippen molar-refractivity contribution in [2.75, 3.05) is 12.8 Å². The summed E-state index contributed by atoms with van der Waals surface area (Å²) in [5, 5.41) is 3.35. The lowest BCUT2D eigenvalue weighted by molar-refractivity contribution is 0.417. The van der Waals surface area contributed by atoms with Crippen molar-refractivity contribution in [1.82, 2.24) is 5.32 Å². The molecule has 1 aromatic carbocycles. The van der Waals surface area contributed by atoms with Gasteiger partial charge in [0.2, 0.25) is 0 Å². The van der Waals surface area contributed by atoms with Crippen molar-refractivity contribution in [1.29, 1.82) is 0 Å². The first-order valence-electron chi connectivity index (χ1n) is 6.46. The molecular weight excluding hydrogens is 252 g/mol. The highest BCUT2D eigenvalue weighted by molar-refractivity contribution is 7.99. The number of thioether (sulfide) groups is 1. The van der Waals surface area contributed by atoms with Crippen LogP contribution in [-0.4, -0.2) is 18.8 Å². The van der Waals surface area contributed by atoms with Gasteiger partial charge in [0, 0.05) is 17.0 Å². The molecule has 1 nitrogen and oxygen atoms in total. The topological polar surface area (TPSA) is 12.0 Å².